The van der Waals surface area contributed by atoms with Crippen LogP contribution in [0, 0.1) is 0 Å². The highest BCUT2D eigenvalue weighted by atomic mass is 19.4. The first-order chi connectivity index (χ1) is 18.3. The normalized spacial score (nSPS) is 14.5. The average Bonchev–Trinajstić information content (AvgIpc) is 3.37. The van der Waals surface area contributed by atoms with Crippen LogP contribution in [-0.2, 0) is 12.6 Å². The van der Waals surface area contributed by atoms with Gasteiger partial charge in [-0.3, -0.25) is 9.89 Å². The van der Waals surface area contributed by atoms with E-state index in [1.54, 1.807) is 30.6 Å². The van der Waals surface area contributed by atoms with Crippen LogP contribution in [0.2, 0.25) is 0 Å². The van der Waals surface area contributed by atoms with Gasteiger partial charge in [-0.05, 0) is 99.4 Å². The van der Waals surface area contributed by atoms with Gasteiger partial charge in [0.05, 0.1) is 22.8 Å². The first-order valence-corrected chi connectivity index (χ1v) is 12.8. The number of alkyl halides is 3. The summed E-state index contributed by atoms with van der Waals surface area (Å²) in [6, 6.07) is 12.5. The van der Waals surface area contributed by atoms with Gasteiger partial charge in [0.25, 0.3) is 5.91 Å². The number of nitrogens with one attached hydrogen (secondary N) is 3. The molecular formula is C28H29F3N6O. The summed E-state index contributed by atoms with van der Waals surface area (Å²) >= 11 is 0. The van der Waals surface area contributed by atoms with Crippen LogP contribution in [0.3, 0.4) is 0 Å². The Morgan fingerprint density at radius 3 is 2.68 bits per heavy atom. The number of aryl methyl sites for hydroxylation is 1. The van der Waals surface area contributed by atoms with E-state index in [0.29, 0.717) is 17.7 Å². The summed E-state index contributed by atoms with van der Waals surface area (Å²) in [7, 11) is 0. The first kappa shape index (κ1) is 25.7. The minimum absolute atomic E-state index is 0.103. The van der Waals surface area contributed by atoms with Crippen LogP contribution in [0.25, 0.3) is 10.9 Å². The quantitative estimate of drug-likeness (QED) is 0.250. The van der Waals surface area contributed by atoms with E-state index in [-0.39, 0.29) is 17.1 Å². The van der Waals surface area contributed by atoms with Crippen molar-refractivity contribution in [2.24, 2.45) is 0 Å². The number of carbonyl (C=O) groups is 1. The van der Waals surface area contributed by atoms with Gasteiger partial charge in [0.1, 0.15) is 5.82 Å². The minimum atomic E-state index is -4.52. The summed E-state index contributed by atoms with van der Waals surface area (Å²) in [4.78, 5) is 19.8. The van der Waals surface area contributed by atoms with Crippen molar-refractivity contribution in [3.63, 3.8) is 0 Å². The van der Waals surface area contributed by atoms with Gasteiger partial charge in [-0.2, -0.15) is 18.3 Å². The SMILES string of the molecule is O=C(Nc1cc(CCCN2CCCCC2)cc(C(F)(F)F)c1)c1cccnc1Nc1ccc2cn[nH]c2c1. The molecule has 3 heterocycles. The number of pyridine rings is 1. The molecule has 1 aliphatic rings. The Bertz CT molecular complexity index is 1410. The molecule has 7 nitrogen and oxygen atoms in total. The largest absolute Gasteiger partial charge is 0.416 e. The van der Waals surface area contributed by atoms with Crippen molar-refractivity contribution in [2.75, 3.05) is 30.3 Å². The van der Waals surface area contributed by atoms with Gasteiger partial charge in [-0.15, -0.1) is 0 Å². The number of hydrogen-bond donors (Lipinski definition) is 3. The first-order valence-electron chi connectivity index (χ1n) is 12.8. The lowest BCUT2D eigenvalue weighted by Crippen LogP contribution is -2.30. The van der Waals surface area contributed by atoms with Crippen molar-refractivity contribution in [3.8, 4) is 0 Å². The molecule has 4 aromatic rings. The maximum absolute atomic E-state index is 13.7. The lowest BCUT2D eigenvalue weighted by molar-refractivity contribution is -0.137. The Balaban J connectivity index is 1.32. The predicted octanol–water partition coefficient (Wildman–Crippen LogP) is 6.39. The van der Waals surface area contributed by atoms with Gasteiger partial charge >= 0.3 is 6.18 Å². The maximum Gasteiger partial charge on any atom is 0.416 e. The van der Waals surface area contributed by atoms with E-state index in [1.807, 2.05) is 18.2 Å². The zero-order valence-corrected chi connectivity index (χ0v) is 20.8. The van der Waals surface area contributed by atoms with E-state index in [0.717, 1.165) is 43.0 Å². The van der Waals surface area contributed by atoms with E-state index in [2.05, 4.69) is 30.7 Å². The molecule has 2 aromatic carbocycles. The topological polar surface area (TPSA) is 85.9 Å². The van der Waals surface area contributed by atoms with E-state index < -0.39 is 17.6 Å². The lowest BCUT2D eigenvalue weighted by Gasteiger charge is -2.26. The fraction of sp³-hybridized carbons (Fsp3) is 0.321. The van der Waals surface area contributed by atoms with Gasteiger partial charge in [-0.1, -0.05) is 6.42 Å². The van der Waals surface area contributed by atoms with Crippen LogP contribution in [0.1, 0.15) is 47.2 Å². The molecule has 1 aliphatic heterocycles. The molecule has 1 amide bonds. The summed E-state index contributed by atoms with van der Waals surface area (Å²) in [5.41, 5.74) is 1.58. The number of aromatic amines is 1. The molecule has 0 spiro atoms. The van der Waals surface area contributed by atoms with Crippen LogP contribution in [0.4, 0.5) is 30.4 Å². The number of H-pyrrole nitrogens is 1. The third-order valence-corrected chi connectivity index (χ3v) is 6.72. The summed E-state index contributed by atoms with van der Waals surface area (Å²) < 4.78 is 41.0. The monoisotopic (exact) mass is 522 g/mol. The van der Waals surface area contributed by atoms with Gasteiger partial charge in [0, 0.05) is 23.0 Å². The number of rotatable bonds is 8. The third kappa shape index (κ3) is 6.31. The molecule has 5 rings (SSSR count). The zero-order chi connectivity index (χ0) is 26.5. The molecule has 0 atom stereocenters. The molecule has 0 saturated carbocycles. The molecule has 0 radical (unpaired) electrons. The highest BCUT2D eigenvalue weighted by Crippen LogP contribution is 2.33. The second-order valence-corrected chi connectivity index (χ2v) is 9.57. The number of aromatic nitrogens is 3. The summed E-state index contributed by atoms with van der Waals surface area (Å²) in [5, 5.41) is 13.6. The molecule has 1 fully saturated rings. The van der Waals surface area contributed by atoms with Crippen molar-refractivity contribution in [1.82, 2.24) is 20.1 Å². The van der Waals surface area contributed by atoms with Crippen molar-refractivity contribution >= 4 is 34.0 Å². The highest BCUT2D eigenvalue weighted by molar-refractivity contribution is 6.08. The number of amides is 1. The van der Waals surface area contributed by atoms with Crippen molar-refractivity contribution < 1.29 is 18.0 Å². The third-order valence-electron chi connectivity index (χ3n) is 6.72. The molecule has 2 aromatic heterocycles. The number of fused-ring (bicyclic) bond motifs is 1. The van der Waals surface area contributed by atoms with E-state index in [4.69, 9.17) is 0 Å². The summed E-state index contributed by atoms with van der Waals surface area (Å²) in [5.74, 6) is -0.264. The molecule has 0 aliphatic carbocycles. The minimum Gasteiger partial charge on any atom is -0.340 e. The van der Waals surface area contributed by atoms with Gasteiger partial charge in [-0.25, -0.2) is 4.98 Å². The smallest absolute Gasteiger partial charge is 0.340 e. The molecule has 38 heavy (non-hydrogen) atoms. The number of anilines is 3. The van der Waals surface area contributed by atoms with Gasteiger partial charge < -0.3 is 15.5 Å². The van der Waals surface area contributed by atoms with Gasteiger partial charge in [0.15, 0.2) is 0 Å². The molecule has 1 saturated heterocycles. The van der Waals surface area contributed by atoms with Crippen LogP contribution in [-0.4, -0.2) is 45.6 Å². The Morgan fingerprint density at radius 1 is 1.03 bits per heavy atom. The number of piperidine rings is 1. The van der Waals surface area contributed by atoms with Crippen molar-refractivity contribution in [3.05, 3.63) is 77.6 Å². The number of nitrogens with zero attached hydrogens (tertiary/aromatic N) is 3. The number of likely N-dealkylation sites (tertiary alicyclic amines) is 1. The fourth-order valence-electron chi connectivity index (χ4n) is 4.80. The van der Waals surface area contributed by atoms with Crippen LogP contribution >= 0.6 is 0 Å². The average molecular weight is 523 g/mol. The second kappa shape index (κ2) is 11.2. The van der Waals surface area contributed by atoms with Crippen LogP contribution < -0.4 is 10.6 Å². The molecule has 0 unspecified atom stereocenters. The second-order valence-electron chi connectivity index (χ2n) is 9.57. The molecule has 10 heteroatoms. The number of benzene rings is 2. The molecular weight excluding hydrogens is 493 g/mol. The molecule has 3 N–H and O–H groups in total. The fourth-order valence-corrected chi connectivity index (χ4v) is 4.80. The Kier molecular flexibility index (Phi) is 7.59. The number of halogens is 3. The Hall–Kier alpha value is -3.92. The Morgan fingerprint density at radius 2 is 1.87 bits per heavy atom. The van der Waals surface area contributed by atoms with E-state index in [9.17, 15) is 18.0 Å². The zero-order valence-electron chi connectivity index (χ0n) is 20.8. The summed E-state index contributed by atoms with van der Waals surface area (Å²) in [6.07, 6.45) is 3.56. The van der Waals surface area contributed by atoms with Gasteiger partial charge in [0.2, 0.25) is 0 Å². The summed E-state index contributed by atoms with van der Waals surface area (Å²) in [6.45, 7) is 2.94. The van der Waals surface area contributed by atoms with Crippen LogP contribution in [0.15, 0.2) is 60.9 Å². The van der Waals surface area contributed by atoms with Crippen LogP contribution in [0.5, 0.6) is 0 Å². The Labute approximate surface area is 218 Å². The lowest BCUT2D eigenvalue weighted by atomic mass is 10.0. The maximum atomic E-state index is 13.7. The van der Waals surface area contributed by atoms with Crippen molar-refractivity contribution in [2.45, 2.75) is 38.3 Å². The van der Waals surface area contributed by atoms with E-state index in [1.165, 1.54) is 25.3 Å². The molecule has 0 bridgehead atoms. The van der Waals surface area contributed by atoms with E-state index >= 15 is 0 Å². The number of carbonyl (C=O) groups excluding carboxylic acids is 1. The molecule has 198 valence electrons. The standard InChI is InChI=1S/C28H29F3N6O/c29-28(30,31)21-14-19(6-5-13-37-11-2-1-3-12-37)15-23(16-21)35-27(38)24-7-4-10-32-26(24)34-22-9-8-20-18-33-36-25(20)17-22/h4,7-10,14-18H,1-3,5-6,11-13H2,(H,32,34)(H,33,36)(H,35,38). The highest BCUT2D eigenvalue weighted by Gasteiger charge is 2.31. The predicted molar refractivity (Wildman–Crippen MR) is 142 cm³/mol. The van der Waals surface area contributed by atoms with Crippen molar-refractivity contribution in [1.29, 1.82) is 0 Å². The number of hydrogen-bond acceptors (Lipinski definition) is 5.